The number of benzene rings is 2. The molecule has 0 atom stereocenters. The Morgan fingerprint density at radius 3 is 2.62 bits per heavy atom. The van der Waals surface area contributed by atoms with Crippen LogP contribution in [0.2, 0.25) is 5.02 Å². The predicted octanol–water partition coefficient (Wildman–Crippen LogP) is 4.96. The highest BCUT2D eigenvalue weighted by Crippen LogP contribution is 2.25. The van der Waals surface area contributed by atoms with E-state index in [4.69, 9.17) is 16.1 Å². The van der Waals surface area contributed by atoms with Crippen molar-refractivity contribution in [1.82, 2.24) is 19.7 Å². The summed E-state index contributed by atoms with van der Waals surface area (Å²) < 4.78 is 6.96. The Kier molecular flexibility index (Phi) is 6.24. The van der Waals surface area contributed by atoms with Crippen LogP contribution >= 0.6 is 23.4 Å². The second kappa shape index (κ2) is 9.09. The maximum atomic E-state index is 13.1. The fourth-order valence-electron chi connectivity index (χ4n) is 3.10. The summed E-state index contributed by atoms with van der Waals surface area (Å²) in [5.74, 6) is 1.23. The summed E-state index contributed by atoms with van der Waals surface area (Å²) in [5, 5.41) is 16.3. The summed E-state index contributed by atoms with van der Waals surface area (Å²) in [6.45, 7) is 4.56. The fraction of sp³-hybridized carbons (Fsp3) is 0.238. The molecule has 0 spiro atoms. The molecule has 2 aromatic heterocycles. The highest BCUT2D eigenvalue weighted by atomic mass is 35.5. The van der Waals surface area contributed by atoms with E-state index in [-0.39, 0.29) is 17.2 Å². The lowest BCUT2D eigenvalue weighted by molar-refractivity contribution is -0.384. The lowest BCUT2D eigenvalue weighted by Gasteiger charge is -2.14. The number of aromatic nitrogens is 4. The first-order chi connectivity index (χ1) is 15.3. The Bertz CT molecular complexity index is 1350. The molecule has 2 aromatic carbocycles. The number of nitro benzene ring substituents is 1. The molecule has 0 unspecified atom stereocenters. The number of nitrogens with zero attached hydrogens (tertiary/aromatic N) is 5. The second-order valence-corrected chi connectivity index (χ2v) is 8.85. The van der Waals surface area contributed by atoms with Gasteiger partial charge in [0.2, 0.25) is 11.7 Å². The van der Waals surface area contributed by atoms with Gasteiger partial charge in [0.25, 0.3) is 11.2 Å². The normalized spacial score (nSPS) is 11.4. The summed E-state index contributed by atoms with van der Waals surface area (Å²) >= 11 is 7.39. The van der Waals surface area contributed by atoms with Crippen LogP contribution in [0.3, 0.4) is 0 Å². The zero-order chi connectivity index (χ0) is 22.8. The summed E-state index contributed by atoms with van der Waals surface area (Å²) in [7, 11) is 0. The maximum Gasteiger partial charge on any atom is 0.269 e. The minimum atomic E-state index is -0.469. The number of rotatable bonds is 7. The van der Waals surface area contributed by atoms with Crippen LogP contribution in [0.5, 0.6) is 0 Å². The topological polar surface area (TPSA) is 117 Å². The molecule has 0 radical (unpaired) electrons. The van der Waals surface area contributed by atoms with Crippen LogP contribution in [0.1, 0.15) is 19.7 Å². The zero-order valence-corrected chi connectivity index (χ0v) is 18.8. The molecule has 2 heterocycles. The molecule has 0 N–H and O–H groups in total. The van der Waals surface area contributed by atoms with Gasteiger partial charge in [-0.1, -0.05) is 42.4 Å². The molecular weight excluding hydrogens is 454 g/mol. The summed E-state index contributed by atoms with van der Waals surface area (Å²) in [5.41, 5.74) is 1.01. The Morgan fingerprint density at radius 1 is 1.19 bits per heavy atom. The van der Waals surface area contributed by atoms with Gasteiger partial charge in [-0.2, -0.15) is 4.98 Å². The molecule has 0 aliphatic rings. The van der Waals surface area contributed by atoms with Gasteiger partial charge in [-0.15, -0.1) is 0 Å². The molecule has 4 rings (SSSR count). The molecule has 9 nitrogen and oxygen atoms in total. The van der Waals surface area contributed by atoms with Crippen molar-refractivity contribution in [2.24, 2.45) is 5.92 Å². The number of nitro groups is 1. The Hall–Kier alpha value is -3.24. The first kappa shape index (κ1) is 22.0. The van der Waals surface area contributed by atoms with E-state index in [1.165, 1.54) is 23.9 Å². The van der Waals surface area contributed by atoms with E-state index in [1.54, 1.807) is 34.9 Å². The minimum Gasteiger partial charge on any atom is -0.338 e. The summed E-state index contributed by atoms with van der Waals surface area (Å²) in [4.78, 5) is 32.4. The van der Waals surface area contributed by atoms with Crippen molar-refractivity contribution >= 4 is 40.0 Å². The van der Waals surface area contributed by atoms with Gasteiger partial charge in [-0.3, -0.25) is 19.5 Å². The smallest absolute Gasteiger partial charge is 0.269 e. The first-order valence-corrected chi connectivity index (χ1v) is 11.1. The lowest BCUT2D eigenvalue weighted by atomic mass is 10.2. The summed E-state index contributed by atoms with van der Waals surface area (Å²) in [6, 6.07) is 11.0. The van der Waals surface area contributed by atoms with Crippen LogP contribution in [0.4, 0.5) is 5.69 Å². The molecule has 0 amide bonds. The van der Waals surface area contributed by atoms with Gasteiger partial charge in [0.15, 0.2) is 5.16 Å². The molecular formula is C21H18ClN5O4S. The first-order valence-electron chi connectivity index (χ1n) is 9.72. The number of thioether (sulfide) groups is 1. The molecule has 164 valence electrons. The van der Waals surface area contributed by atoms with E-state index in [9.17, 15) is 14.9 Å². The van der Waals surface area contributed by atoms with E-state index in [0.29, 0.717) is 50.7 Å². The number of hydrogen-bond donors (Lipinski definition) is 0. The molecule has 0 fully saturated rings. The second-order valence-electron chi connectivity index (χ2n) is 7.47. The van der Waals surface area contributed by atoms with Crippen LogP contribution < -0.4 is 5.56 Å². The standard InChI is InChI=1S/C21H18ClN5O4S/c1-12(2)10-26-20(28)16-9-14(22)5-8-17(16)23-21(26)32-11-18-24-19(25-31-18)13-3-6-15(7-4-13)27(29)30/h3-9,12H,10-11H2,1-2H3. The quantitative estimate of drug-likeness (QED) is 0.161. The predicted molar refractivity (Wildman–Crippen MR) is 122 cm³/mol. The van der Waals surface area contributed by atoms with Crippen molar-refractivity contribution in [2.45, 2.75) is 31.3 Å². The lowest BCUT2D eigenvalue weighted by Crippen LogP contribution is -2.25. The largest absolute Gasteiger partial charge is 0.338 e. The van der Waals surface area contributed by atoms with E-state index < -0.39 is 4.92 Å². The van der Waals surface area contributed by atoms with E-state index in [2.05, 4.69) is 15.1 Å². The monoisotopic (exact) mass is 471 g/mol. The van der Waals surface area contributed by atoms with Gasteiger partial charge in [0.05, 0.1) is 21.6 Å². The summed E-state index contributed by atoms with van der Waals surface area (Å²) in [6.07, 6.45) is 0. The maximum absolute atomic E-state index is 13.1. The van der Waals surface area contributed by atoms with E-state index in [0.717, 1.165) is 0 Å². The van der Waals surface area contributed by atoms with Crippen molar-refractivity contribution in [3.05, 3.63) is 73.8 Å². The van der Waals surface area contributed by atoms with Crippen LogP contribution in [0, 0.1) is 16.0 Å². The van der Waals surface area contributed by atoms with Crippen molar-refractivity contribution in [1.29, 1.82) is 0 Å². The molecule has 0 bridgehead atoms. The average molecular weight is 472 g/mol. The van der Waals surface area contributed by atoms with Crippen LogP contribution in [-0.2, 0) is 12.3 Å². The molecule has 0 aliphatic carbocycles. The van der Waals surface area contributed by atoms with Gasteiger partial charge in [0.1, 0.15) is 0 Å². The third kappa shape index (κ3) is 4.66. The van der Waals surface area contributed by atoms with Gasteiger partial charge >= 0.3 is 0 Å². The average Bonchev–Trinajstić information content (AvgIpc) is 3.24. The van der Waals surface area contributed by atoms with Gasteiger partial charge < -0.3 is 4.52 Å². The molecule has 0 aliphatic heterocycles. The zero-order valence-electron chi connectivity index (χ0n) is 17.2. The van der Waals surface area contributed by atoms with E-state index in [1.807, 2.05) is 13.8 Å². The Morgan fingerprint density at radius 2 is 1.94 bits per heavy atom. The molecule has 4 aromatic rings. The number of fused-ring (bicyclic) bond motifs is 1. The Labute approximate surface area is 191 Å². The van der Waals surface area contributed by atoms with Gasteiger partial charge in [-0.05, 0) is 36.2 Å². The highest BCUT2D eigenvalue weighted by Gasteiger charge is 2.16. The van der Waals surface area contributed by atoms with Gasteiger partial charge in [-0.25, -0.2) is 4.98 Å². The number of hydrogen-bond acceptors (Lipinski definition) is 8. The van der Waals surface area contributed by atoms with Crippen molar-refractivity contribution < 1.29 is 9.45 Å². The molecule has 32 heavy (non-hydrogen) atoms. The van der Waals surface area contributed by atoms with Crippen molar-refractivity contribution in [3.63, 3.8) is 0 Å². The minimum absolute atomic E-state index is 0.0141. The number of non-ortho nitro benzene ring substituents is 1. The van der Waals surface area contributed by atoms with Crippen LogP contribution in [-0.4, -0.2) is 24.6 Å². The van der Waals surface area contributed by atoms with Crippen molar-refractivity contribution in [3.8, 4) is 11.4 Å². The SMILES string of the molecule is CC(C)Cn1c(SCc2nc(-c3ccc([N+](=O)[O-])cc3)no2)nc2ccc(Cl)cc2c1=O. The third-order valence-electron chi connectivity index (χ3n) is 4.56. The highest BCUT2D eigenvalue weighted by molar-refractivity contribution is 7.98. The molecule has 0 saturated carbocycles. The van der Waals surface area contributed by atoms with Crippen LogP contribution in [0.25, 0.3) is 22.3 Å². The molecule has 0 saturated heterocycles. The number of halogens is 1. The van der Waals surface area contributed by atoms with Crippen molar-refractivity contribution in [2.75, 3.05) is 0 Å². The van der Waals surface area contributed by atoms with Gasteiger partial charge in [0, 0.05) is 29.3 Å². The molecule has 11 heteroatoms. The fourth-order valence-corrected chi connectivity index (χ4v) is 4.12. The van der Waals surface area contributed by atoms with E-state index >= 15 is 0 Å². The Balaban J connectivity index is 1.59. The third-order valence-corrected chi connectivity index (χ3v) is 5.75. The van der Waals surface area contributed by atoms with Crippen LogP contribution in [0.15, 0.2) is 56.9 Å².